The summed E-state index contributed by atoms with van der Waals surface area (Å²) in [5.74, 6) is 1.26. The van der Waals surface area contributed by atoms with Gasteiger partial charge in [-0.3, -0.25) is 4.99 Å². The van der Waals surface area contributed by atoms with Gasteiger partial charge in [0, 0.05) is 25.0 Å². The Morgan fingerprint density at radius 1 is 1.00 bits per heavy atom. The number of halogens is 3. The highest BCUT2D eigenvalue weighted by molar-refractivity contribution is 9.10. The molecule has 3 aromatic carbocycles. The van der Waals surface area contributed by atoms with Crippen molar-refractivity contribution < 1.29 is 14.2 Å². The van der Waals surface area contributed by atoms with Gasteiger partial charge in [0.1, 0.15) is 6.61 Å². The molecule has 5 nitrogen and oxygen atoms in total. The molecule has 0 bridgehead atoms. The molecule has 0 spiro atoms. The second kappa shape index (κ2) is 11.9. The van der Waals surface area contributed by atoms with E-state index < -0.39 is 0 Å². The summed E-state index contributed by atoms with van der Waals surface area (Å²) in [6.45, 7) is 6.14. The van der Waals surface area contributed by atoms with Crippen LogP contribution in [0.4, 0.5) is 11.4 Å². The molecular formula is C26H25BrCl2N2O3. The molecule has 4 rings (SSSR count). The van der Waals surface area contributed by atoms with Crippen molar-refractivity contribution in [3.8, 4) is 11.5 Å². The van der Waals surface area contributed by atoms with Crippen LogP contribution in [0.1, 0.15) is 18.1 Å². The molecule has 0 radical (unpaired) electrons. The number of ether oxygens (including phenoxy) is 3. The quantitative estimate of drug-likeness (QED) is 0.269. The topological polar surface area (TPSA) is 43.3 Å². The molecule has 34 heavy (non-hydrogen) atoms. The number of rotatable bonds is 8. The minimum absolute atomic E-state index is 0.332. The van der Waals surface area contributed by atoms with Crippen LogP contribution in [0.5, 0.6) is 11.5 Å². The van der Waals surface area contributed by atoms with Crippen molar-refractivity contribution in [3.63, 3.8) is 0 Å². The van der Waals surface area contributed by atoms with Gasteiger partial charge >= 0.3 is 0 Å². The molecule has 178 valence electrons. The van der Waals surface area contributed by atoms with Crippen LogP contribution in [0.25, 0.3) is 0 Å². The zero-order valence-corrected chi connectivity index (χ0v) is 21.9. The number of aliphatic imine (C=N–C) groups is 1. The molecule has 0 saturated carbocycles. The maximum Gasteiger partial charge on any atom is 0.175 e. The van der Waals surface area contributed by atoms with E-state index in [0.29, 0.717) is 34.8 Å². The molecule has 1 heterocycles. The van der Waals surface area contributed by atoms with E-state index in [1.54, 1.807) is 12.1 Å². The Morgan fingerprint density at radius 2 is 1.76 bits per heavy atom. The molecule has 0 N–H and O–H groups in total. The van der Waals surface area contributed by atoms with Gasteiger partial charge in [-0.2, -0.15) is 0 Å². The van der Waals surface area contributed by atoms with E-state index in [0.717, 1.165) is 47.6 Å². The molecule has 1 aliphatic rings. The van der Waals surface area contributed by atoms with Crippen molar-refractivity contribution in [2.75, 3.05) is 37.8 Å². The first-order valence-corrected chi connectivity index (χ1v) is 12.6. The Hall–Kier alpha value is -2.25. The van der Waals surface area contributed by atoms with Crippen LogP contribution in [0, 0.1) is 0 Å². The summed E-state index contributed by atoms with van der Waals surface area (Å²) < 4.78 is 18.1. The molecule has 0 atom stereocenters. The Labute approximate surface area is 218 Å². The lowest BCUT2D eigenvalue weighted by atomic mass is 10.2. The average Bonchev–Trinajstić information content (AvgIpc) is 2.85. The smallest absolute Gasteiger partial charge is 0.175 e. The van der Waals surface area contributed by atoms with Gasteiger partial charge in [-0.15, -0.1) is 0 Å². The molecule has 8 heteroatoms. The zero-order chi connectivity index (χ0) is 23.9. The van der Waals surface area contributed by atoms with Gasteiger partial charge in [0.05, 0.1) is 40.0 Å². The van der Waals surface area contributed by atoms with E-state index >= 15 is 0 Å². The molecule has 1 fully saturated rings. The van der Waals surface area contributed by atoms with Gasteiger partial charge in [0.25, 0.3) is 0 Å². The predicted molar refractivity (Wildman–Crippen MR) is 143 cm³/mol. The highest BCUT2D eigenvalue weighted by atomic mass is 79.9. The number of hydrogen-bond acceptors (Lipinski definition) is 5. The van der Waals surface area contributed by atoms with Crippen LogP contribution < -0.4 is 14.4 Å². The molecule has 0 aliphatic carbocycles. The zero-order valence-electron chi connectivity index (χ0n) is 18.8. The second-order valence-electron chi connectivity index (χ2n) is 7.67. The van der Waals surface area contributed by atoms with Crippen LogP contribution >= 0.6 is 39.1 Å². The summed E-state index contributed by atoms with van der Waals surface area (Å²) in [6.07, 6.45) is 1.82. The highest BCUT2D eigenvalue weighted by Gasteiger charge is 2.13. The molecular weight excluding hydrogens is 539 g/mol. The Kier molecular flexibility index (Phi) is 8.73. The molecule has 3 aromatic rings. The number of anilines is 1. The standard InChI is InChI=1S/C26H25BrCl2N2O3/c1-2-33-25-15-19(13-22(27)26(25)34-17-18-3-8-23(28)24(29)14-18)16-30-20-4-6-21(7-5-20)31-9-11-32-12-10-31/h3-8,13-16H,2,9-12,17H2,1H3. The average molecular weight is 564 g/mol. The van der Waals surface area contributed by atoms with E-state index in [1.807, 2.05) is 43.5 Å². The minimum Gasteiger partial charge on any atom is -0.490 e. The fourth-order valence-corrected chi connectivity index (χ4v) is 4.47. The fourth-order valence-electron chi connectivity index (χ4n) is 3.57. The van der Waals surface area contributed by atoms with Gasteiger partial charge in [0.15, 0.2) is 11.5 Å². The summed E-state index contributed by atoms with van der Waals surface area (Å²) in [7, 11) is 0. The summed E-state index contributed by atoms with van der Waals surface area (Å²) in [5.41, 5.74) is 3.88. The molecule has 1 saturated heterocycles. The normalized spacial score (nSPS) is 13.9. The van der Waals surface area contributed by atoms with Crippen LogP contribution in [0.2, 0.25) is 10.0 Å². The Balaban J connectivity index is 1.47. The third-order valence-corrected chi connectivity index (χ3v) is 6.62. The molecule has 0 amide bonds. The lowest BCUT2D eigenvalue weighted by Crippen LogP contribution is -2.36. The number of benzene rings is 3. The van der Waals surface area contributed by atoms with E-state index in [4.69, 9.17) is 37.4 Å². The molecule has 0 aromatic heterocycles. The lowest BCUT2D eigenvalue weighted by Gasteiger charge is -2.28. The van der Waals surface area contributed by atoms with Crippen molar-refractivity contribution in [2.45, 2.75) is 13.5 Å². The van der Waals surface area contributed by atoms with Gasteiger partial charge < -0.3 is 19.1 Å². The van der Waals surface area contributed by atoms with Gasteiger partial charge in [-0.05, 0) is 82.5 Å². The first-order chi connectivity index (χ1) is 16.5. The Morgan fingerprint density at radius 3 is 2.47 bits per heavy atom. The third kappa shape index (κ3) is 6.45. The Bertz CT molecular complexity index is 1150. The minimum atomic E-state index is 0.332. The van der Waals surface area contributed by atoms with E-state index in [2.05, 4.69) is 38.0 Å². The summed E-state index contributed by atoms with van der Waals surface area (Å²) in [6, 6.07) is 17.6. The second-order valence-corrected chi connectivity index (χ2v) is 9.34. The predicted octanol–water partition coefficient (Wildman–Crippen LogP) is 7.32. The third-order valence-electron chi connectivity index (χ3n) is 5.29. The van der Waals surface area contributed by atoms with Crippen LogP contribution in [-0.2, 0) is 11.3 Å². The number of hydrogen-bond donors (Lipinski definition) is 0. The summed E-state index contributed by atoms with van der Waals surface area (Å²) >= 11 is 15.7. The van der Waals surface area contributed by atoms with Crippen molar-refractivity contribution >= 4 is 56.7 Å². The monoisotopic (exact) mass is 562 g/mol. The molecule has 0 unspecified atom stereocenters. The van der Waals surface area contributed by atoms with Crippen LogP contribution in [0.15, 0.2) is 64.1 Å². The van der Waals surface area contributed by atoms with Crippen molar-refractivity contribution in [2.24, 2.45) is 4.99 Å². The summed E-state index contributed by atoms with van der Waals surface area (Å²) in [4.78, 5) is 6.95. The van der Waals surface area contributed by atoms with E-state index in [9.17, 15) is 0 Å². The first kappa shape index (κ1) is 24.9. The highest BCUT2D eigenvalue weighted by Crippen LogP contribution is 2.37. The maximum absolute atomic E-state index is 6.12. The fraction of sp³-hybridized carbons (Fsp3) is 0.269. The van der Waals surface area contributed by atoms with Crippen molar-refractivity contribution in [1.82, 2.24) is 0 Å². The lowest BCUT2D eigenvalue weighted by molar-refractivity contribution is 0.122. The van der Waals surface area contributed by atoms with E-state index in [1.165, 1.54) is 5.69 Å². The van der Waals surface area contributed by atoms with E-state index in [-0.39, 0.29) is 0 Å². The summed E-state index contributed by atoms with van der Waals surface area (Å²) in [5, 5.41) is 1.01. The number of morpholine rings is 1. The largest absolute Gasteiger partial charge is 0.490 e. The van der Waals surface area contributed by atoms with Crippen molar-refractivity contribution in [3.05, 3.63) is 80.2 Å². The molecule has 1 aliphatic heterocycles. The SMILES string of the molecule is CCOc1cc(C=Nc2ccc(N3CCOCC3)cc2)cc(Br)c1OCc1ccc(Cl)c(Cl)c1. The van der Waals surface area contributed by atoms with Gasteiger partial charge in [-0.25, -0.2) is 0 Å². The number of nitrogens with zero attached hydrogens (tertiary/aromatic N) is 2. The van der Waals surface area contributed by atoms with Gasteiger partial charge in [-0.1, -0.05) is 29.3 Å². The van der Waals surface area contributed by atoms with Crippen molar-refractivity contribution in [1.29, 1.82) is 0 Å². The first-order valence-electron chi connectivity index (χ1n) is 11.0. The van der Waals surface area contributed by atoms with Crippen LogP contribution in [-0.4, -0.2) is 39.1 Å². The van der Waals surface area contributed by atoms with Gasteiger partial charge in [0.2, 0.25) is 0 Å². The maximum atomic E-state index is 6.12. The van der Waals surface area contributed by atoms with Crippen LogP contribution in [0.3, 0.4) is 0 Å².